The third kappa shape index (κ3) is 2.57. The second-order valence-corrected chi connectivity index (χ2v) is 5.14. The van der Waals surface area contributed by atoms with Gasteiger partial charge in [0.1, 0.15) is 0 Å². The summed E-state index contributed by atoms with van der Waals surface area (Å²) in [5, 5.41) is 4.35. The van der Waals surface area contributed by atoms with Gasteiger partial charge in [0.25, 0.3) is 0 Å². The van der Waals surface area contributed by atoms with E-state index in [0.29, 0.717) is 11.6 Å². The van der Waals surface area contributed by atoms with Gasteiger partial charge in [0.2, 0.25) is 0 Å². The quantitative estimate of drug-likeness (QED) is 0.539. The number of aromatic nitrogens is 4. The van der Waals surface area contributed by atoms with Crippen LogP contribution in [0.4, 0.5) is 17.3 Å². The number of fused-ring (bicyclic) bond motifs is 1. The number of anilines is 3. The number of nitrogen functional groups attached to an aromatic ring is 1. The second-order valence-electron chi connectivity index (χ2n) is 5.14. The minimum atomic E-state index is 0.354. The highest BCUT2D eigenvalue weighted by Crippen LogP contribution is 2.25. The summed E-state index contributed by atoms with van der Waals surface area (Å²) in [4.78, 5) is 16.0. The van der Waals surface area contributed by atoms with Gasteiger partial charge < -0.3 is 16.0 Å². The molecule has 4 aromatic rings. The number of hydrogen-bond donors (Lipinski definition) is 3. The summed E-state index contributed by atoms with van der Waals surface area (Å²) in [5.41, 5.74) is 9.55. The Morgan fingerprint density at radius 2 is 2.04 bits per heavy atom. The molecule has 3 aromatic heterocycles. The third-order valence-electron chi connectivity index (χ3n) is 3.57. The van der Waals surface area contributed by atoms with Crippen LogP contribution in [-0.4, -0.2) is 19.9 Å². The number of nitrogens with zero attached hydrogens (tertiary/aromatic N) is 3. The van der Waals surface area contributed by atoms with Crippen LogP contribution in [0.3, 0.4) is 0 Å². The average molecular weight is 302 g/mol. The third-order valence-corrected chi connectivity index (χ3v) is 3.57. The topological polar surface area (TPSA) is 92.5 Å². The van der Waals surface area contributed by atoms with Gasteiger partial charge in [0, 0.05) is 40.7 Å². The Balaban J connectivity index is 1.70. The lowest BCUT2D eigenvalue weighted by molar-refractivity contribution is 1.20. The van der Waals surface area contributed by atoms with E-state index in [1.54, 1.807) is 18.6 Å². The molecule has 1 aromatic carbocycles. The molecular weight excluding hydrogens is 288 g/mol. The first-order chi connectivity index (χ1) is 11.3. The number of nitrogens with two attached hydrogens (primary N) is 1. The molecule has 0 fully saturated rings. The molecule has 0 aliphatic rings. The van der Waals surface area contributed by atoms with Crippen LogP contribution in [0, 0.1) is 0 Å². The Bertz CT molecular complexity index is 961. The minimum absolute atomic E-state index is 0.354. The largest absolute Gasteiger partial charge is 0.381 e. The van der Waals surface area contributed by atoms with Crippen molar-refractivity contribution in [2.75, 3.05) is 11.1 Å². The molecule has 0 amide bonds. The predicted molar refractivity (Wildman–Crippen MR) is 91.3 cm³/mol. The molecule has 0 saturated carbocycles. The van der Waals surface area contributed by atoms with Crippen molar-refractivity contribution in [1.29, 1.82) is 0 Å². The van der Waals surface area contributed by atoms with E-state index in [-0.39, 0.29) is 0 Å². The van der Waals surface area contributed by atoms with Gasteiger partial charge >= 0.3 is 0 Å². The molecule has 0 aliphatic heterocycles. The molecule has 0 atom stereocenters. The van der Waals surface area contributed by atoms with E-state index in [9.17, 15) is 0 Å². The first-order valence-electron chi connectivity index (χ1n) is 7.17. The first kappa shape index (κ1) is 13.3. The summed E-state index contributed by atoms with van der Waals surface area (Å²) in [6.45, 7) is 0. The molecule has 23 heavy (non-hydrogen) atoms. The Morgan fingerprint density at radius 1 is 1.09 bits per heavy atom. The van der Waals surface area contributed by atoms with Crippen LogP contribution >= 0.6 is 0 Å². The van der Waals surface area contributed by atoms with Gasteiger partial charge in [-0.25, -0.2) is 9.97 Å². The molecule has 0 unspecified atom stereocenters. The molecular formula is C17H14N6. The van der Waals surface area contributed by atoms with Crippen molar-refractivity contribution >= 4 is 28.2 Å². The number of H-pyrrole nitrogens is 1. The molecule has 112 valence electrons. The Hall–Kier alpha value is -3.41. The van der Waals surface area contributed by atoms with Crippen LogP contribution in [0.1, 0.15) is 0 Å². The zero-order chi connectivity index (χ0) is 15.6. The van der Waals surface area contributed by atoms with Gasteiger partial charge in [-0.05, 0) is 36.4 Å². The molecule has 4 N–H and O–H groups in total. The predicted octanol–water partition coefficient (Wildman–Crippen LogP) is 3.35. The fourth-order valence-electron chi connectivity index (χ4n) is 2.41. The fourth-order valence-corrected chi connectivity index (χ4v) is 2.41. The highest BCUT2D eigenvalue weighted by atomic mass is 15.1. The maximum atomic E-state index is 5.95. The lowest BCUT2D eigenvalue weighted by Gasteiger charge is -2.09. The van der Waals surface area contributed by atoms with E-state index in [2.05, 4.69) is 25.3 Å². The monoisotopic (exact) mass is 302 g/mol. The van der Waals surface area contributed by atoms with Gasteiger partial charge in [0.05, 0.1) is 11.9 Å². The molecule has 0 radical (unpaired) electrons. The zero-order valence-corrected chi connectivity index (χ0v) is 12.2. The Labute approximate surface area is 132 Å². The van der Waals surface area contributed by atoms with Crippen LogP contribution in [0.15, 0.2) is 61.2 Å². The van der Waals surface area contributed by atoms with Crippen molar-refractivity contribution < 1.29 is 0 Å². The van der Waals surface area contributed by atoms with Crippen molar-refractivity contribution in [2.45, 2.75) is 0 Å². The van der Waals surface area contributed by atoms with E-state index in [4.69, 9.17) is 5.73 Å². The van der Waals surface area contributed by atoms with Gasteiger partial charge in [0.15, 0.2) is 11.6 Å². The van der Waals surface area contributed by atoms with Crippen molar-refractivity contribution in [3.8, 4) is 11.3 Å². The van der Waals surface area contributed by atoms with Gasteiger partial charge in [-0.15, -0.1) is 0 Å². The van der Waals surface area contributed by atoms with Gasteiger partial charge in [-0.3, -0.25) is 4.98 Å². The molecule has 0 bridgehead atoms. The van der Waals surface area contributed by atoms with Crippen molar-refractivity contribution in [2.24, 2.45) is 0 Å². The van der Waals surface area contributed by atoms with Crippen LogP contribution < -0.4 is 11.1 Å². The molecule has 6 nitrogen and oxygen atoms in total. The molecule has 0 spiro atoms. The summed E-state index contributed by atoms with van der Waals surface area (Å²) in [5.74, 6) is 0.882. The Kier molecular flexibility index (Phi) is 3.12. The lowest BCUT2D eigenvalue weighted by Crippen LogP contribution is -2.02. The maximum absolute atomic E-state index is 5.95. The van der Waals surface area contributed by atoms with Crippen LogP contribution in [0.25, 0.3) is 22.2 Å². The van der Waals surface area contributed by atoms with E-state index >= 15 is 0 Å². The first-order valence-corrected chi connectivity index (χ1v) is 7.17. The van der Waals surface area contributed by atoms with E-state index in [1.807, 2.05) is 42.6 Å². The zero-order valence-electron chi connectivity index (χ0n) is 12.2. The van der Waals surface area contributed by atoms with Crippen LogP contribution in [0.5, 0.6) is 0 Å². The number of hydrogen-bond acceptors (Lipinski definition) is 5. The van der Waals surface area contributed by atoms with Crippen molar-refractivity contribution in [3.63, 3.8) is 0 Å². The average Bonchev–Trinajstić information content (AvgIpc) is 3.05. The second kappa shape index (κ2) is 5.42. The SMILES string of the molecule is Nc1ncc(-c2cccnc2)nc1Nc1ccc2[nH]ccc2c1. The number of aromatic amines is 1. The highest BCUT2D eigenvalue weighted by molar-refractivity contribution is 5.84. The standard InChI is InChI=1S/C17H14N6/c18-16-17(22-13-3-4-14-11(8-13)5-7-20-14)23-15(10-21-16)12-2-1-6-19-9-12/h1-10,20H,(H2,18,21)(H,22,23). The fraction of sp³-hybridized carbons (Fsp3) is 0. The number of nitrogens with one attached hydrogen (secondary N) is 2. The molecule has 0 saturated heterocycles. The van der Waals surface area contributed by atoms with E-state index in [1.165, 1.54) is 0 Å². The molecule has 4 rings (SSSR count). The van der Waals surface area contributed by atoms with Crippen LogP contribution in [-0.2, 0) is 0 Å². The summed E-state index contributed by atoms with van der Waals surface area (Å²) in [6.07, 6.45) is 7.02. The number of pyridine rings is 1. The number of rotatable bonds is 3. The molecule has 6 heteroatoms. The maximum Gasteiger partial charge on any atom is 0.173 e. The van der Waals surface area contributed by atoms with Gasteiger partial charge in [-0.2, -0.15) is 0 Å². The summed E-state index contributed by atoms with van der Waals surface area (Å²) < 4.78 is 0. The summed E-state index contributed by atoms with van der Waals surface area (Å²) in [6, 6.07) is 11.8. The molecule has 3 heterocycles. The normalized spacial score (nSPS) is 10.8. The van der Waals surface area contributed by atoms with Crippen LogP contribution in [0.2, 0.25) is 0 Å². The summed E-state index contributed by atoms with van der Waals surface area (Å²) >= 11 is 0. The molecule has 0 aliphatic carbocycles. The lowest BCUT2D eigenvalue weighted by atomic mass is 10.2. The highest BCUT2D eigenvalue weighted by Gasteiger charge is 2.07. The summed E-state index contributed by atoms with van der Waals surface area (Å²) in [7, 11) is 0. The van der Waals surface area contributed by atoms with E-state index in [0.717, 1.165) is 27.8 Å². The smallest absolute Gasteiger partial charge is 0.173 e. The Morgan fingerprint density at radius 3 is 2.91 bits per heavy atom. The minimum Gasteiger partial charge on any atom is -0.381 e. The number of benzene rings is 1. The van der Waals surface area contributed by atoms with Crippen molar-refractivity contribution in [3.05, 3.63) is 61.2 Å². The van der Waals surface area contributed by atoms with E-state index < -0.39 is 0 Å². The van der Waals surface area contributed by atoms with Gasteiger partial charge in [-0.1, -0.05) is 0 Å². The van der Waals surface area contributed by atoms with Crippen molar-refractivity contribution in [1.82, 2.24) is 19.9 Å².